The zero-order chi connectivity index (χ0) is 13.2. The maximum Gasteiger partial charge on any atom is 0.319 e. The Morgan fingerprint density at radius 3 is 2.61 bits per heavy atom. The first kappa shape index (κ1) is 14.8. The number of rotatable bonds is 7. The van der Waals surface area contributed by atoms with E-state index < -0.39 is 0 Å². The Labute approximate surface area is 114 Å². The van der Waals surface area contributed by atoms with Crippen LogP contribution in [0.25, 0.3) is 0 Å². The van der Waals surface area contributed by atoms with E-state index in [4.69, 9.17) is 11.6 Å². The number of benzene rings is 1. The number of unbranched alkanes of at least 4 members (excludes halogenated alkanes) is 4. The number of amides is 2. The predicted octanol–water partition coefficient (Wildman–Crippen LogP) is 4.43. The van der Waals surface area contributed by atoms with Gasteiger partial charge in [0.15, 0.2) is 0 Å². The van der Waals surface area contributed by atoms with Crippen molar-refractivity contribution < 1.29 is 4.79 Å². The van der Waals surface area contributed by atoms with Gasteiger partial charge in [-0.3, -0.25) is 0 Å². The van der Waals surface area contributed by atoms with Crippen LogP contribution in [0.15, 0.2) is 24.3 Å². The van der Waals surface area contributed by atoms with E-state index in [1.165, 1.54) is 25.7 Å². The summed E-state index contributed by atoms with van der Waals surface area (Å²) in [7, 11) is 0. The molecule has 1 aromatic rings. The van der Waals surface area contributed by atoms with Gasteiger partial charge in [0, 0.05) is 6.54 Å². The van der Waals surface area contributed by atoms with E-state index in [1.807, 2.05) is 12.1 Å². The number of anilines is 1. The van der Waals surface area contributed by atoms with E-state index >= 15 is 0 Å². The van der Waals surface area contributed by atoms with Crippen molar-refractivity contribution in [2.75, 3.05) is 11.9 Å². The molecule has 0 unspecified atom stereocenters. The molecule has 0 atom stereocenters. The standard InChI is InChI=1S/C14H21ClN2O/c1-2-3-4-5-8-11-16-14(18)17-13-10-7-6-9-12(13)15/h6-7,9-10H,2-5,8,11H2,1H3,(H2,16,17,18). The summed E-state index contributed by atoms with van der Waals surface area (Å²) in [6, 6.07) is 7.01. The van der Waals surface area contributed by atoms with Crippen LogP contribution in [0.3, 0.4) is 0 Å². The zero-order valence-electron chi connectivity index (χ0n) is 10.8. The number of halogens is 1. The predicted molar refractivity (Wildman–Crippen MR) is 77.2 cm³/mol. The van der Waals surface area contributed by atoms with Crippen molar-refractivity contribution in [2.24, 2.45) is 0 Å². The van der Waals surface area contributed by atoms with Gasteiger partial charge in [0.2, 0.25) is 0 Å². The highest BCUT2D eigenvalue weighted by atomic mass is 35.5. The number of carbonyl (C=O) groups excluding carboxylic acids is 1. The Hall–Kier alpha value is -1.22. The fourth-order valence-electron chi connectivity index (χ4n) is 1.66. The average molecular weight is 269 g/mol. The van der Waals surface area contributed by atoms with Crippen LogP contribution >= 0.6 is 11.6 Å². The number of nitrogens with one attached hydrogen (secondary N) is 2. The summed E-state index contributed by atoms with van der Waals surface area (Å²) in [5.41, 5.74) is 0.641. The third-order valence-corrected chi connectivity index (χ3v) is 3.02. The Morgan fingerprint density at radius 1 is 1.17 bits per heavy atom. The number of hydrogen-bond donors (Lipinski definition) is 2. The van der Waals surface area contributed by atoms with Gasteiger partial charge in [-0.15, -0.1) is 0 Å². The van der Waals surface area contributed by atoms with Crippen molar-refractivity contribution >= 4 is 23.3 Å². The molecule has 0 bridgehead atoms. The second-order valence-corrected chi connectivity index (χ2v) is 4.68. The molecule has 4 heteroatoms. The fraction of sp³-hybridized carbons (Fsp3) is 0.500. The Balaban J connectivity index is 2.16. The Bertz CT molecular complexity index is 369. The molecule has 1 aromatic carbocycles. The van der Waals surface area contributed by atoms with Gasteiger partial charge in [0.05, 0.1) is 10.7 Å². The van der Waals surface area contributed by atoms with E-state index in [0.29, 0.717) is 17.3 Å². The summed E-state index contributed by atoms with van der Waals surface area (Å²) in [6.07, 6.45) is 5.94. The molecule has 0 heterocycles. The minimum absolute atomic E-state index is 0.196. The fourth-order valence-corrected chi connectivity index (χ4v) is 1.84. The van der Waals surface area contributed by atoms with Crippen LogP contribution < -0.4 is 10.6 Å². The molecule has 0 saturated heterocycles. The van der Waals surface area contributed by atoms with Crippen LogP contribution in [-0.4, -0.2) is 12.6 Å². The van der Waals surface area contributed by atoms with Crippen LogP contribution in [0, 0.1) is 0 Å². The second-order valence-electron chi connectivity index (χ2n) is 4.27. The molecule has 0 aliphatic rings. The topological polar surface area (TPSA) is 41.1 Å². The summed E-state index contributed by atoms with van der Waals surface area (Å²) in [5.74, 6) is 0. The number of hydrogen-bond acceptors (Lipinski definition) is 1. The van der Waals surface area contributed by atoms with Crippen molar-refractivity contribution in [3.05, 3.63) is 29.3 Å². The molecule has 0 aliphatic carbocycles. The van der Waals surface area contributed by atoms with Gasteiger partial charge in [-0.1, -0.05) is 56.3 Å². The van der Waals surface area contributed by atoms with Crippen LogP contribution in [0.1, 0.15) is 39.0 Å². The first-order valence-corrected chi connectivity index (χ1v) is 6.91. The molecule has 2 N–H and O–H groups in total. The van der Waals surface area contributed by atoms with Crippen molar-refractivity contribution in [1.82, 2.24) is 5.32 Å². The highest BCUT2D eigenvalue weighted by Crippen LogP contribution is 2.19. The lowest BCUT2D eigenvalue weighted by Crippen LogP contribution is -2.29. The van der Waals surface area contributed by atoms with Gasteiger partial charge in [0.25, 0.3) is 0 Å². The zero-order valence-corrected chi connectivity index (χ0v) is 11.6. The molecule has 0 saturated carbocycles. The smallest absolute Gasteiger partial charge is 0.319 e. The maximum absolute atomic E-state index is 11.6. The monoisotopic (exact) mass is 268 g/mol. The molecule has 0 aromatic heterocycles. The first-order valence-electron chi connectivity index (χ1n) is 6.53. The van der Waals surface area contributed by atoms with Crippen molar-refractivity contribution in [3.8, 4) is 0 Å². The van der Waals surface area contributed by atoms with E-state index in [-0.39, 0.29) is 6.03 Å². The third-order valence-electron chi connectivity index (χ3n) is 2.69. The minimum Gasteiger partial charge on any atom is -0.338 e. The highest BCUT2D eigenvalue weighted by Gasteiger charge is 2.03. The molecule has 0 aliphatic heterocycles. The quantitative estimate of drug-likeness (QED) is 0.706. The van der Waals surface area contributed by atoms with Gasteiger partial charge in [-0.05, 0) is 18.6 Å². The van der Waals surface area contributed by atoms with Crippen molar-refractivity contribution in [1.29, 1.82) is 0 Å². The molecule has 18 heavy (non-hydrogen) atoms. The van der Waals surface area contributed by atoms with Gasteiger partial charge >= 0.3 is 6.03 Å². The number of para-hydroxylation sites is 1. The van der Waals surface area contributed by atoms with Gasteiger partial charge in [0.1, 0.15) is 0 Å². The first-order chi connectivity index (χ1) is 8.74. The third kappa shape index (κ3) is 5.92. The molecule has 0 spiro atoms. The Morgan fingerprint density at radius 2 is 1.89 bits per heavy atom. The van der Waals surface area contributed by atoms with Crippen LogP contribution in [0.4, 0.5) is 10.5 Å². The average Bonchev–Trinajstić information content (AvgIpc) is 2.36. The van der Waals surface area contributed by atoms with Crippen LogP contribution in [0.2, 0.25) is 5.02 Å². The lowest BCUT2D eigenvalue weighted by molar-refractivity contribution is 0.252. The van der Waals surface area contributed by atoms with E-state index in [0.717, 1.165) is 6.42 Å². The van der Waals surface area contributed by atoms with E-state index in [1.54, 1.807) is 12.1 Å². The van der Waals surface area contributed by atoms with E-state index in [2.05, 4.69) is 17.6 Å². The molecule has 100 valence electrons. The normalized spacial score (nSPS) is 10.1. The summed E-state index contributed by atoms with van der Waals surface area (Å²) in [6.45, 7) is 2.90. The Kier molecular flexibility index (Phi) is 7.26. The highest BCUT2D eigenvalue weighted by molar-refractivity contribution is 6.33. The summed E-state index contributed by atoms with van der Waals surface area (Å²) in [4.78, 5) is 11.6. The minimum atomic E-state index is -0.196. The molecule has 0 radical (unpaired) electrons. The van der Waals surface area contributed by atoms with Crippen molar-refractivity contribution in [2.45, 2.75) is 39.0 Å². The lowest BCUT2D eigenvalue weighted by atomic mass is 10.1. The summed E-state index contributed by atoms with van der Waals surface area (Å²) < 4.78 is 0. The molecule has 2 amide bonds. The molecule has 0 fully saturated rings. The van der Waals surface area contributed by atoms with Gasteiger partial charge in [-0.2, -0.15) is 0 Å². The molecular weight excluding hydrogens is 248 g/mol. The molecule has 1 rings (SSSR count). The summed E-state index contributed by atoms with van der Waals surface area (Å²) in [5, 5.41) is 6.11. The largest absolute Gasteiger partial charge is 0.338 e. The van der Waals surface area contributed by atoms with Crippen molar-refractivity contribution in [3.63, 3.8) is 0 Å². The van der Waals surface area contributed by atoms with Gasteiger partial charge < -0.3 is 10.6 Å². The SMILES string of the molecule is CCCCCCCNC(=O)Nc1ccccc1Cl. The van der Waals surface area contributed by atoms with E-state index in [9.17, 15) is 4.79 Å². The van der Waals surface area contributed by atoms with Crippen LogP contribution in [-0.2, 0) is 0 Å². The van der Waals surface area contributed by atoms with Gasteiger partial charge in [-0.25, -0.2) is 4.79 Å². The second kappa shape index (κ2) is 8.81. The molecule has 3 nitrogen and oxygen atoms in total. The lowest BCUT2D eigenvalue weighted by Gasteiger charge is -2.08. The van der Waals surface area contributed by atoms with Crippen LogP contribution in [0.5, 0.6) is 0 Å². The maximum atomic E-state index is 11.6. The summed E-state index contributed by atoms with van der Waals surface area (Å²) >= 11 is 5.94. The molecular formula is C14H21ClN2O. The number of urea groups is 1. The number of carbonyl (C=O) groups is 1.